The third kappa shape index (κ3) is 19.6. The first-order valence-electron chi connectivity index (χ1n) is 9.44. The van der Waals surface area contributed by atoms with Gasteiger partial charge in [-0.25, -0.2) is 4.89 Å². The van der Waals surface area contributed by atoms with Crippen LogP contribution in [0.25, 0.3) is 0 Å². The standard InChI is InChI=1S/C12H9O.2C6H5.C2H6O4S.Os/c1-3-7-11(8-4-1)13-12-9-5-2-6-10-12;2*1-2-4-6-5-3-1;1-5-6-7(2,3)4;/h1,3-10H;2*1-5H;1-2H3;/q3*-1;;+4. The van der Waals surface area contributed by atoms with E-state index in [9.17, 15) is 8.42 Å². The number of benzene rings is 4. The third-order valence-corrected chi connectivity index (χ3v) is 3.46. The van der Waals surface area contributed by atoms with Crippen molar-refractivity contribution in [1.29, 1.82) is 0 Å². The van der Waals surface area contributed by atoms with Gasteiger partial charge in [-0.3, -0.25) is 0 Å². The van der Waals surface area contributed by atoms with Gasteiger partial charge in [-0.2, -0.15) is 99.4 Å². The van der Waals surface area contributed by atoms with Crippen molar-refractivity contribution in [2.75, 3.05) is 13.4 Å². The maximum Gasteiger partial charge on any atom is 4.00 e. The normalized spacial score (nSPS) is 9.15. The number of hydrogen-bond acceptors (Lipinski definition) is 5. The minimum absolute atomic E-state index is 0. The molecule has 33 heavy (non-hydrogen) atoms. The Morgan fingerprint density at radius 3 is 1.30 bits per heavy atom. The zero-order chi connectivity index (χ0) is 23.3. The number of para-hydroxylation sites is 1. The Labute approximate surface area is 210 Å². The molecule has 4 aromatic rings. The van der Waals surface area contributed by atoms with E-state index < -0.39 is 10.1 Å². The summed E-state index contributed by atoms with van der Waals surface area (Å²) < 4.78 is 29.0. The van der Waals surface area contributed by atoms with Crippen molar-refractivity contribution in [3.63, 3.8) is 0 Å². The maximum atomic E-state index is 9.88. The predicted octanol–water partition coefficient (Wildman–Crippen LogP) is 5.77. The Balaban J connectivity index is 0.000000440. The second kappa shape index (κ2) is 19.8. The molecule has 0 amide bonds. The van der Waals surface area contributed by atoms with Gasteiger partial charge >= 0.3 is 19.8 Å². The summed E-state index contributed by atoms with van der Waals surface area (Å²) in [4.78, 5) is 3.82. The van der Waals surface area contributed by atoms with Crippen LogP contribution in [-0.2, 0) is 39.1 Å². The molecular weight excluding hydrogens is 615 g/mol. The van der Waals surface area contributed by atoms with Crippen LogP contribution in [-0.4, -0.2) is 21.8 Å². The Bertz CT molecular complexity index is 895. The van der Waals surface area contributed by atoms with Gasteiger partial charge in [-0.15, -0.1) is 16.5 Å². The molecule has 0 fully saturated rings. The summed E-state index contributed by atoms with van der Waals surface area (Å²) in [5.41, 5.74) is 0. The van der Waals surface area contributed by atoms with E-state index >= 15 is 0 Å². The molecular formula is C26H25O5OsS+. The first kappa shape index (κ1) is 30.2. The molecule has 0 radical (unpaired) electrons. The van der Waals surface area contributed by atoms with Crippen molar-refractivity contribution in [2.24, 2.45) is 0 Å². The second-order valence-corrected chi connectivity index (χ2v) is 7.29. The van der Waals surface area contributed by atoms with E-state index in [0.29, 0.717) is 0 Å². The molecule has 0 spiro atoms. The fourth-order valence-corrected chi connectivity index (χ4v) is 2.12. The zero-order valence-corrected chi connectivity index (χ0v) is 21.6. The summed E-state index contributed by atoms with van der Waals surface area (Å²) in [5.74, 6) is 1.69. The van der Waals surface area contributed by atoms with Gasteiger partial charge in [0, 0.05) is 5.75 Å². The predicted molar refractivity (Wildman–Crippen MR) is 125 cm³/mol. The van der Waals surface area contributed by atoms with Gasteiger partial charge in [-0.1, -0.05) is 18.2 Å². The summed E-state index contributed by atoms with van der Waals surface area (Å²) in [7, 11) is -2.27. The van der Waals surface area contributed by atoms with E-state index in [1.54, 1.807) is 0 Å². The molecule has 0 saturated heterocycles. The maximum absolute atomic E-state index is 9.88. The molecule has 0 heterocycles. The topological polar surface area (TPSA) is 61.8 Å². The summed E-state index contributed by atoms with van der Waals surface area (Å²) in [5, 5.41) is 0. The molecule has 0 N–H and O–H groups in total. The smallest absolute Gasteiger partial charge is 0.483 e. The third-order valence-electron chi connectivity index (χ3n) is 3.07. The second-order valence-electron chi connectivity index (χ2n) is 5.74. The number of ether oxygens (including phenoxy) is 1. The molecule has 0 aromatic heterocycles. The number of hydrogen-bond donors (Lipinski definition) is 0. The van der Waals surface area contributed by atoms with E-state index in [0.717, 1.165) is 24.9 Å². The van der Waals surface area contributed by atoms with Crippen molar-refractivity contribution in [3.8, 4) is 11.5 Å². The van der Waals surface area contributed by atoms with Crippen LogP contribution in [0.15, 0.2) is 115 Å². The van der Waals surface area contributed by atoms with Gasteiger partial charge in [0.25, 0.3) is 10.1 Å². The first-order valence-corrected chi connectivity index (χ1v) is 11.3. The van der Waals surface area contributed by atoms with Crippen LogP contribution >= 0.6 is 0 Å². The van der Waals surface area contributed by atoms with E-state index in [1.807, 2.05) is 115 Å². The average molecular weight is 640 g/mol. The van der Waals surface area contributed by atoms with Gasteiger partial charge in [-0.05, 0) is 12.1 Å². The molecule has 5 nitrogen and oxygen atoms in total. The summed E-state index contributed by atoms with van der Waals surface area (Å²) in [6.07, 6.45) is 0.899. The quantitative estimate of drug-likeness (QED) is 0.161. The van der Waals surface area contributed by atoms with Crippen molar-refractivity contribution < 1.29 is 42.2 Å². The Morgan fingerprint density at radius 1 is 0.606 bits per heavy atom. The molecule has 0 aliphatic heterocycles. The van der Waals surface area contributed by atoms with Crippen molar-refractivity contribution in [2.45, 2.75) is 0 Å². The van der Waals surface area contributed by atoms with E-state index in [4.69, 9.17) is 4.74 Å². The van der Waals surface area contributed by atoms with Crippen molar-refractivity contribution >= 4 is 10.1 Å². The molecule has 0 atom stereocenters. The average Bonchev–Trinajstić information content (AvgIpc) is 2.83. The molecule has 7 heteroatoms. The molecule has 0 aliphatic rings. The van der Waals surface area contributed by atoms with Crippen LogP contribution in [0.2, 0.25) is 0 Å². The van der Waals surface area contributed by atoms with Crippen LogP contribution < -0.4 is 4.74 Å². The molecule has 0 aliphatic carbocycles. The van der Waals surface area contributed by atoms with Crippen molar-refractivity contribution in [3.05, 3.63) is 133 Å². The molecule has 172 valence electrons. The van der Waals surface area contributed by atoms with E-state index in [2.05, 4.69) is 27.4 Å². The summed E-state index contributed by atoms with van der Waals surface area (Å²) in [6, 6.07) is 45.1. The van der Waals surface area contributed by atoms with Crippen molar-refractivity contribution in [1.82, 2.24) is 0 Å². The first-order chi connectivity index (χ1) is 15.5. The minimum Gasteiger partial charge on any atom is -0.483 e. The summed E-state index contributed by atoms with van der Waals surface area (Å²) in [6.45, 7) is 0. The van der Waals surface area contributed by atoms with Gasteiger partial charge < -0.3 is 4.74 Å². The zero-order valence-electron chi connectivity index (χ0n) is 18.3. The molecule has 4 rings (SSSR count). The van der Waals surface area contributed by atoms with Gasteiger partial charge in [0.2, 0.25) is 0 Å². The fourth-order valence-electron chi connectivity index (χ4n) is 1.87. The Hall–Kier alpha value is -2.81. The van der Waals surface area contributed by atoms with Crippen LogP contribution in [0, 0.1) is 18.2 Å². The van der Waals surface area contributed by atoms with E-state index in [1.165, 1.54) is 0 Å². The Kier molecular flexibility index (Phi) is 18.1. The monoisotopic (exact) mass is 641 g/mol. The van der Waals surface area contributed by atoms with Gasteiger partial charge in [0.05, 0.1) is 13.4 Å². The van der Waals surface area contributed by atoms with Crippen LogP contribution in [0.4, 0.5) is 0 Å². The van der Waals surface area contributed by atoms with Crippen LogP contribution in [0.5, 0.6) is 11.5 Å². The molecule has 0 unspecified atom stereocenters. The molecule has 0 bridgehead atoms. The summed E-state index contributed by atoms with van der Waals surface area (Å²) >= 11 is 0. The molecule has 0 saturated carbocycles. The SMILES string of the molecule is COOS(C)(=O)=O.[Os+4].[c-]1ccc(Oc2ccccc2)cc1.[c-]1ccccc1.[c-]1ccccc1. The minimum atomic E-state index is -3.40. The fraction of sp³-hybridized carbons (Fsp3) is 0.0769. The van der Waals surface area contributed by atoms with Crippen LogP contribution in [0.1, 0.15) is 0 Å². The number of rotatable bonds is 4. The Morgan fingerprint density at radius 2 is 1.00 bits per heavy atom. The molecule has 4 aromatic carbocycles. The van der Waals surface area contributed by atoms with E-state index in [-0.39, 0.29) is 19.8 Å². The van der Waals surface area contributed by atoms with Gasteiger partial charge in [0.1, 0.15) is 5.75 Å². The van der Waals surface area contributed by atoms with Crippen LogP contribution in [0.3, 0.4) is 0 Å². The van der Waals surface area contributed by atoms with Gasteiger partial charge in [0.15, 0.2) is 0 Å². The largest absolute Gasteiger partial charge is 4.00 e.